The second-order valence-corrected chi connectivity index (χ2v) is 8.09. The normalized spacial score (nSPS) is 32.0. The molecule has 0 saturated carbocycles. The lowest BCUT2D eigenvalue weighted by Gasteiger charge is -2.31. The number of nitrogens with one attached hydrogen (secondary N) is 1. The number of hydrogen-bond acceptors (Lipinski definition) is 3. The molecule has 3 heterocycles. The molecule has 128 valence electrons. The molecule has 0 radical (unpaired) electrons. The van der Waals surface area contributed by atoms with Crippen LogP contribution in [0.25, 0.3) is 0 Å². The predicted octanol–water partition coefficient (Wildman–Crippen LogP) is 3.99. The van der Waals surface area contributed by atoms with Crippen molar-refractivity contribution in [2.75, 3.05) is 38.7 Å². The van der Waals surface area contributed by atoms with E-state index >= 15 is 0 Å². The molecular formula is C20H32N2O. The highest BCUT2D eigenvalue weighted by Gasteiger charge is 2.38. The number of nitrogens with zero attached hydrogens (tertiary/aromatic N) is 1. The quantitative estimate of drug-likeness (QED) is 0.912. The number of hydrogen-bond donors (Lipinski definition) is 1. The summed E-state index contributed by atoms with van der Waals surface area (Å²) < 4.78 is 5.54. The zero-order valence-corrected chi connectivity index (χ0v) is 14.6. The molecule has 3 nitrogen and oxygen atoms in total. The van der Waals surface area contributed by atoms with Crippen LogP contribution >= 0.6 is 0 Å². The topological polar surface area (TPSA) is 24.5 Å². The minimum Gasteiger partial charge on any atom is -0.384 e. The van der Waals surface area contributed by atoms with Crippen molar-refractivity contribution in [1.29, 1.82) is 0 Å². The summed E-state index contributed by atoms with van der Waals surface area (Å²) in [5, 5.41) is 3.67. The molecule has 0 spiro atoms. The summed E-state index contributed by atoms with van der Waals surface area (Å²) in [4.78, 5) is 2.56. The van der Waals surface area contributed by atoms with Crippen molar-refractivity contribution in [3.05, 3.63) is 29.3 Å². The van der Waals surface area contributed by atoms with Gasteiger partial charge in [0.1, 0.15) is 0 Å². The first-order valence-corrected chi connectivity index (χ1v) is 9.32. The lowest BCUT2D eigenvalue weighted by molar-refractivity contribution is 0.0853. The molecule has 23 heavy (non-hydrogen) atoms. The van der Waals surface area contributed by atoms with E-state index in [1.807, 2.05) is 0 Å². The van der Waals surface area contributed by atoms with E-state index in [2.05, 4.69) is 42.4 Å². The Balaban J connectivity index is 0.00000169. The molecule has 2 saturated heterocycles. The Morgan fingerprint density at radius 3 is 2.87 bits per heavy atom. The van der Waals surface area contributed by atoms with Gasteiger partial charge in [-0.25, -0.2) is 0 Å². The average molecular weight is 316 g/mol. The average Bonchev–Trinajstić information content (AvgIpc) is 3.12. The Kier molecular flexibility index (Phi) is 4.10. The molecule has 3 aliphatic rings. The monoisotopic (exact) mass is 316 g/mol. The molecule has 2 atom stereocenters. The highest BCUT2D eigenvalue weighted by Crippen LogP contribution is 2.43. The smallest absolute Gasteiger partial charge is 0.0471 e. The van der Waals surface area contributed by atoms with E-state index in [9.17, 15) is 0 Å². The molecule has 3 aliphatic heterocycles. The van der Waals surface area contributed by atoms with Crippen LogP contribution in [0.5, 0.6) is 0 Å². The summed E-state index contributed by atoms with van der Waals surface area (Å²) >= 11 is 0. The highest BCUT2D eigenvalue weighted by atomic mass is 16.5. The molecule has 0 aromatic heterocycles. The van der Waals surface area contributed by atoms with Gasteiger partial charge in [-0.2, -0.15) is 0 Å². The second kappa shape index (κ2) is 6.10. The van der Waals surface area contributed by atoms with Gasteiger partial charge in [0.2, 0.25) is 0 Å². The van der Waals surface area contributed by atoms with Crippen molar-refractivity contribution in [3.63, 3.8) is 0 Å². The molecule has 1 N–H and O–H groups in total. The van der Waals surface area contributed by atoms with Gasteiger partial charge in [-0.3, -0.25) is 0 Å². The first-order valence-electron chi connectivity index (χ1n) is 9.32. The number of rotatable bonds is 3. The predicted molar refractivity (Wildman–Crippen MR) is 97.5 cm³/mol. The lowest BCUT2D eigenvalue weighted by atomic mass is 9.77. The molecule has 2 fully saturated rings. The zero-order chi connectivity index (χ0) is 15.9. The van der Waals surface area contributed by atoms with E-state index in [1.165, 1.54) is 49.9 Å². The van der Waals surface area contributed by atoms with Crippen LogP contribution in [0, 0.1) is 0 Å². The summed E-state index contributed by atoms with van der Waals surface area (Å²) in [6, 6.07) is 7.93. The van der Waals surface area contributed by atoms with Crippen molar-refractivity contribution in [1.82, 2.24) is 4.90 Å². The molecule has 0 bridgehead atoms. The largest absolute Gasteiger partial charge is 0.384 e. The molecule has 1 aromatic carbocycles. The van der Waals surface area contributed by atoms with Crippen LogP contribution in [-0.2, 0) is 10.2 Å². The Morgan fingerprint density at radius 1 is 1.30 bits per heavy atom. The van der Waals surface area contributed by atoms with Crippen LogP contribution in [0.3, 0.4) is 0 Å². The maximum absolute atomic E-state index is 5.54. The van der Waals surface area contributed by atoms with Crippen molar-refractivity contribution >= 4 is 5.69 Å². The van der Waals surface area contributed by atoms with Gasteiger partial charge in [-0.05, 0) is 68.8 Å². The standard InChI is InChI=1S/C20H30N2O.H2/c1-20(13-17-4-3-9-22(17)2)14-21-19-6-5-16(12-18(19)20)15-7-10-23-11-8-15;/h5-6,12,15,17,21H,3-4,7-11,13-14H2,1-2H3;1H/t17-,20?;/m1./s1. The Bertz CT molecular complexity index is 573. The van der Waals surface area contributed by atoms with Crippen LogP contribution in [0.2, 0.25) is 0 Å². The number of benzene rings is 1. The zero-order valence-electron chi connectivity index (χ0n) is 14.6. The van der Waals surface area contributed by atoms with Crippen LogP contribution < -0.4 is 5.32 Å². The maximum Gasteiger partial charge on any atom is 0.0471 e. The van der Waals surface area contributed by atoms with Crippen molar-refractivity contribution in [2.24, 2.45) is 0 Å². The first-order chi connectivity index (χ1) is 11.2. The molecule has 3 heteroatoms. The number of ether oxygens (including phenoxy) is 1. The summed E-state index contributed by atoms with van der Waals surface area (Å²) in [6.45, 7) is 6.66. The van der Waals surface area contributed by atoms with E-state index in [-0.39, 0.29) is 6.84 Å². The molecule has 1 unspecified atom stereocenters. The van der Waals surface area contributed by atoms with Crippen LogP contribution in [0.1, 0.15) is 57.5 Å². The van der Waals surface area contributed by atoms with Gasteiger partial charge in [0.25, 0.3) is 0 Å². The summed E-state index contributed by atoms with van der Waals surface area (Å²) in [6.07, 6.45) is 6.35. The molecule has 4 rings (SSSR count). The SMILES string of the molecule is CN1CCC[C@@H]1CC1(C)CNc2ccc(C3CCOCC3)cc21.[HH]. The lowest BCUT2D eigenvalue weighted by Crippen LogP contribution is -2.35. The summed E-state index contributed by atoms with van der Waals surface area (Å²) in [5.41, 5.74) is 4.73. The third kappa shape index (κ3) is 2.89. The number of likely N-dealkylation sites (tertiary alicyclic amines) is 1. The highest BCUT2D eigenvalue weighted by molar-refractivity contribution is 5.61. The van der Waals surface area contributed by atoms with Gasteiger partial charge in [-0.1, -0.05) is 19.1 Å². The van der Waals surface area contributed by atoms with Crippen LogP contribution in [0.15, 0.2) is 18.2 Å². The van der Waals surface area contributed by atoms with Crippen molar-refractivity contribution in [2.45, 2.75) is 56.4 Å². The minimum absolute atomic E-state index is 0. The van der Waals surface area contributed by atoms with E-state index in [1.54, 1.807) is 5.56 Å². The van der Waals surface area contributed by atoms with Gasteiger partial charge >= 0.3 is 0 Å². The Labute approximate surface area is 141 Å². The fourth-order valence-corrected chi connectivity index (χ4v) is 4.83. The van der Waals surface area contributed by atoms with E-state index in [0.29, 0.717) is 5.92 Å². The van der Waals surface area contributed by atoms with Crippen LogP contribution in [-0.4, -0.2) is 44.3 Å². The maximum atomic E-state index is 5.54. The van der Waals surface area contributed by atoms with Crippen molar-refractivity contribution in [3.8, 4) is 0 Å². The van der Waals surface area contributed by atoms with Crippen LogP contribution in [0.4, 0.5) is 5.69 Å². The van der Waals surface area contributed by atoms with Gasteiger partial charge < -0.3 is 15.0 Å². The van der Waals surface area contributed by atoms with Gasteiger partial charge in [0.15, 0.2) is 0 Å². The van der Waals surface area contributed by atoms with Gasteiger partial charge in [-0.15, -0.1) is 0 Å². The molecule has 0 amide bonds. The summed E-state index contributed by atoms with van der Waals surface area (Å²) in [7, 11) is 2.29. The van der Waals surface area contributed by atoms with Gasteiger partial charge in [0.05, 0.1) is 0 Å². The van der Waals surface area contributed by atoms with Gasteiger partial charge in [0, 0.05) is 38.3 Å². The van der Waals surface area contributed by atoms with Crippen molar-refractivity contribution < 1.29 is 6.16 Å². The molecule has 0 aliphatic carbocycles. The first kappa shape index (κ1) is 15.5. The Morgan fingerprint density at radius 2 is 2.13 bits per heavy atom. The van der Waals surface area contributed by atoms with E-state index in [0.717, 1.165) is 25.8 Å². The fraction of sp³-hybridized carbons (Fsp3) is 0.700. The molecular weight excluding hydrogens is 284 g/mol. The third-order valence-electron chi connectivity index (χ3n) is 6.41. The van der Waals surface area contributed by atoms with E-state index in [4.69, 9.17) is 4.74 Å². The van der Waals surface area contributed by atoms with E-state index < -0.39 is 0 Å². The Hall–Kier alpha value is -1.06. The second-order valence-electron chi connectivity index (χ2n) is 8.09. The molecule has 1 aromatic rings. The third-order valence-corrected chi connectivity index (χ3v) is 6.41. The summed E-state index contributed by atoms with van der Waals surface area (Å²) in [5.74, 6) is 0.688. The fourth-order valence-electron chi connectivity index (χ4n) is 4.83. The number of fused-ring (bicyclic) bond motifs is 1. The minimum atomic E-state index is 0. The number of anilines is 1.